The Balaban J connectivity index is 1.46. The number of carbonyl (C=O) groups is 1. The number of aryl methyl sites for hydroxylation is 1. The third-order valence-corrected chi connectivity index (χ3v) is 6.72. The molecule has 1 unspecified atom stereocenters. The maximum absolute atomic E-state index is 12.6. The molecule has 1 N–H and O–H groups in total. The number of anilines is 2. The number of fused-ring (bicyclic) bond motifs is 1. The lowest BCUT2D eigenvalue weighted by Gasteiger charge is -2.26. The molecule has 1 heterocycles. The van der Waals surface area contributed by atoms with Crippen LogP contribution in [0.3, 0.4) is 0 Å². The second-order valence-corrected chi connectivity index (χ2v) is 10.4. The number of hydrogen-bond acceptors (Lipinski definition) is 5. The van der Waals surface area contributed by atoms with E-state index in [0.717, 1.165) is 60.3 Å². The van der Waals surface area contributed by atoms with Crippen LogP contribution in [0.2, 0.25) is 0 Å². The van der Waals surface area contributed by atoms with E-state index < -0.39 is 10.1 Å². The van der Waals surface area contributed by atoms with Crippen LogP contribution < -0.4 is 10.2 Å². The first kappa shape index (κ1) is 24.0. The van der Waals surface area contributed by atoms with Gasteiger partial charge in [-0.3, -0.25) is 8.98 Å². The van der Waals surface area contributed by atoms with Crippen LogP contribution in [0.15, 0.2) is 72.8 Å². The number of nitrogens with zero attached hydrogens (tertiary/aromatic N) is 1. The van der Waals surface area contributed by atoms with E-state index >= 15 is 0 Å². The van der Waals surface area contributed by atoms with Gasteiger partial charge in [0.25, 0.3) is 16.0 Å². The van der Waals surface area contributed by atoms with Gasteiger partial charge in [-0.2, -0.15) is 8.42 Å². The van der Waals surface area contributed by atoms with Crippen molar-refractivity contribution in [2.45, 2.75) is 32.2 Å². The second-order valence-electron chi connectivity index (χ2n) is 8.77. The maximum atomic E-state index is 12.6. The Bertz CT molecular complexity index is 1260. The fourth-order valence-electron chi connectivity index (χ4n) is 4.41. The van der Waals surface area contributed by atoms with E-state index in [2.05, 4.69) is 22.3 Å². The number of rotatable bonds is 7. The summed E-state index contributed by atoms with van der Waals surface area (Å²) in [5, 5.41) is 2.97. The molecule has 6 nitrogen and oxygen atoms in total. The van der Waals surface area contributed by atoms with Crippen molar-refractivity contribution in [2.24, 2.45) is 0 Å². The lowest BCUT2D eigenvalue weighted by molar-refractivity contribution is 0.102. The van der Waals surface area contributed by atoms with Crippen molar-refractivity contribution >= 4 is 27.4 Å². The summed E-state index contributed by atoms with van der Waals surface area (Å²) in [6.07, 6.45) is 2.90. The Morgan fingerprint density at radius 2 is 1.74 bits per heavy atom. The molecule has 0 fully saturated rings. The molecule has 178 valence electrons. The lowest BCUT2D eigenvalue weighted by Crippen LogP contribution is -2.23. The largest absolute Gasteiger partial charge is 0.367 e. The molecular weight excluding hydrogens is 448 g/mol. The number of amides is 1. The Kier molecular flexibility index (Phi) is 7.34. The minimum Gasteiger partial charge on any atom is -0.367 e. The summed E-state index contributed by atoms with van der Waals surface area (Å²) in [6, 6.07) is 23.6. The van der Waals surface area contributed by atoms with E-state index in [-0.39, 0.29) is 18.4 Å². The van der Waals surface area contributed by atoms with E-state index in [1.807, 2.05) is 67.6 Å². The molecule has 1 atom stereocenters. The first-order valence-electron chi connectivity index (χ1n) is 11.4. The SMILES string of the molecule is Cc1ccccc1C(=O)Nc1ccc(CN2CCCC(COS(C)(=O)=O)c3ccccc32)cc1. The fourth-order valence-corrected chi connectivity index (χ4v) is 4.82. The fraction of sp³-hybridized carbons (Fsp3) is 0.296. The molecule has 34 heavy (non-hydrogen) atoms. The van der Waals surface area contributed by atoms with Crippen LogP contribution in [0.4, 0.5) is 11.4 Å². The molecule has 1 aliphatic rings. The van der Waals surface area contributed by atoms with Crippen LogP contribution in [-0.4, -0.2) is 33.7 Å². The molecule has 3 aromatic carbocycles. The topological polar surface area (TPSA) is 75.7 Å². The Hall–Kier alpha value is -3.16. The molecule has 3 aromatic rings. The molecule has 1 aliphatic heterocycles. The number of nitrogens with one attached hydrogen (secondary N) is 1. The monoisotopic (exact) mass is 478 g/mol. The zero-order valence-corrected chi connectivity index (χ0v) is 20.3. The third kappa shape index (κ3) is 6.04. The van der Waals surface area contributed by atoms with Crippen LogP contribution in [0, 0.1) is 6.92 Å². The van der Waals surface area contributed by atoms with Gasteiger partial charge in [0, 0.05) is 35.9 Å². The number of para-hydroxylation sites is 1. The van der Waals surface area contributed by atoms with Gasteiger partial charge >= 0.3 is 0 Å². The van der Waals surface area contributed by atoms with E-state index in [1.54, 1.807) is 0 Å². The Labute approximate surface area is 201 Å². The molecule has 0 aromatic heterocycles. The van der Waals surface area contributed by atoms with Gasteiger partial charge in [-0.1, -0.05) is 48.5 Å². The molecule has 0 spiro atoms. The molecule has 1 amide bonds. The van der Waals surface area contributed by atoms with Crippen molar-refractivity contribution < 1.29 is 17.4 Å². The summed E-state index contributed by atoms with van der Waals surface area (Å²) in [4.78, 5) is 14.9. The molecule has 7 heteroatoms. The zero-order valence-electron chi connectivity index (χ0n) is 19.5. The summed E-state index contributed by atoms with van der Waals surface area (Å²) in [5.41, 5.74) is 5.73. The normalized spacial score (nSPS) is 15.9. The molecule has 0 saturated carbocycles. The molecule has 4 rings (SSSR count). The average Bonchev–Trinajstić information content (AvgIpc) is 2.98. The van der Waals surface area contributed by atoms with Crippen molar-refractivity contribution in [3.05, 3.63) is 95.1 Å². The maximum Gasteiger partial charge on any atom is 0.264 e. The van der Waals surface area contributed by atoms with Crippen LogP contribution >= 0.6 is 0 Å². The van der Waals surface area contributed by atoms with Crippen molar-refractivity contribution in [3.63, 3.8) is 0 Å². The quantitative estimate of drug-likeness (QED) is 0.478. The van der Waals surface area contributed by atoms with Crippen LogP contribution in [0.5, 0.6) is 0 Å². The van der Waals surface area contributed by atoms with Gasteiger partial charge in [0.1, 0.15) is 0 Å². The zero-order chi connectivity index (χ0) is 24.1. The highest BCUT2D eigenvalue weighted by Gasteiger charge is 2.24. The predicted molar refractivity (Wildman–Crippen MR) is 136 cm³/mol. The minimum atomic E-state index is -3.48. The highest BCUT2D eigenvalue weighted by Crippen LogP contribution is 2.35. The lowest BCUT2D eigenvalue weighted by atomic mass is 9.95. The summed E-state index contributed by atoms with van der Waals surface area (Å²) in [7, 11) is -3.48. The van der Waals surface area contributed by atoms with Crippen LogP contribution in [0.25, 0.3) is 0 Å². The highest BCUT2D eigenvalue weighted by atomic mass is 32.2. The van der Waals surface area contributed by atoms with E-state index in [4.69, 9.17) is 4.18 Å². The van der Waals surface area contributed by atoms with Crippen molar-refractivity contribution in [1.29, 1.82) is 0 Å². The van der Waals surface area contributed by atoms with Crippen molar-refractivity contribution in [1.82, 2.24) is 0 Å². The molecule has 0 aliphatic carbocycles. The predicted octanol–water partition coefficient (Wildman–Crippen LogP) is 5.11. The van der Waals surface area contributed by atoms with Gasteiger partial charge < -0.3 is 10.2 Å². The van der Waals surface area contributed by atoms with Crippen LogP contribution in [0.1, 0.15) is 45.8 Å². The van der Waals surface area contributed by atoms with Gasteiger partial charge in [0.15, 0.2) is 0 Å². The molecule has 0 saturated heterocycles. The Morgan fingerprint density at radius 1 is 1.03 bits per heavy atom. The van der Waals surface area contributed by atoms with E-state index in [0.29, 0.717) is 5.56 Å². The first-order valence-corrected chi connectivity index (χ1v) is 13.3. The summed E-state index contributed by atoms with van der Waals surface area (Å²) in [5.74, 6) is -0.0791. The second kappa shape index (κ2) is 10.4. The standard InChI is InChI=1S/C27H30N2O4S/c1-20-8-3-4-10-24(20)27(30)28-23-15-13-21(14-16-23)18-29-17-7-9-22(19-33-34(2,31)32)25-11-5-6-12-26(25)29/h3-6,8,10-16,22H,7,9,17-19H2,1-2H3,(H,28,30). The summed E-state index contributed by atoms with van der Waals surface area (Å²) in [6.45, 7) is 3.69. The summed E-state index contributed by atoms with van der Waals surface area (Å²) < 4.78 is 28.2. The van der Waals surface area contributed by atoms with Gasteiger partial charge in [-0.05, 0) is 60.7 Å². The Morgan fingerprint density at radius 3 is 2.47 bits per heavy atom. The number of carbonyl (C=O) groups excluding carboxylic acids is 1. The minimum absolute atomic E-state index is 0.0370. The molecular formula is C27H30N2O4S. The van der Waals surface area contributed by atoms with Crippen molar-refractivity contribution in [3.8, 4) is 0 Å². The van der Waals surface area contributed by atoms with Gasteiger partial charge in [0.05, 0.1) is 12.9 Å². The highest BCUT2D eigenvalue weighted by molar-refractivity contribution is 7.85. The van der Waals surface area contributed by atoms with E-state index in [9.17, 15) is 13.2 Å². The smallest absolute Gasteiger partial charge is 0.264 e. The number of benzene rings is 3. The van der Waals surface area contributed by atoms with Crippen LogP contribution in [-0.2, 0) is 20.8 Å². The molecule has 0 radical (unpaired) electrons. The van der Waals surface area contributed by atoms with Gasteiger partial charge in [0.2, 0.25) is 0 Å². The summed E-state index contributed by atoms with van der Waals surface area (Å²) >= 11 is 0. The van der Waals surface area contributed by atoms with Crippen molar-refractivity contribution in [2.75, 3.05) is 29.6 Å². The van der Waals surface area contributed by atoms with Gasteiger partial charge in [-0.25, -0.2) is 0 Å². The van der Waals surface area contributed by atoms with Gasteiger partial charge in [-0.15, -0.1) is 0 Å². The third-order valence-electron chi connectivity index (χ3n) is 6.16. The van der Waals surface area contributed by atoms with E-state index in [1.165, 1.54) is 0 Å². The molecule has 0 bridgehead atoms. The number of hydrogen-bond donors (Lipinski definition) is 1. The first-order chi connectivity index (χ1) is 16.3. The average molecular weight is 479 g/mol.